The van der Waals surface area contributed by atoms with Crippen LogP contribution in [0.25, 0.3) is 0 Å². The van der Waals surface area contributed by atoms with Crippen molar-refractivity contribution in [2.24, 2.45) is 0 Å². The van der Waals surface area contributed by atoms with Gasteiger partial charge >= 0.3 is 0 Å². The van der Waals surface area contributed by atoms with E-state index in [0.717, 1.165) is 17.7 Å². The number of aryl methyl sites for hydroxylation is 2. The summed E-state index contributed by atoms with van der Waals surface area (Å²) in [5, 5.41) is 2.95. The molecule has 1 atom stereocenters. The molecule has 5 heteroatoms. The predicted octanol–water partition coefficient (Wildman–Crippen LogP) is 4.80. The zero-order valence-corrected chi connectivity index (χ0v) is 19.3. The van der Waals surface area contributed by atoms with Crippen molar-refractivity contribution in [2.75, 3.05) is 13.2 Å². The fourth-order valence-electron chi connectivity index (χ4n) is 3.37. The number of carbonyl (C=O) groups excluding carboxylic acids is 2. The Kier molecular flexibility index (Phi) is 10.1. The van der Waals surface area contributed by atoms with Gasteiger partial charge < -0.3 is 15.0 Å². The quantitative estimate of drug-likeness (QED) is 0.498. The standard InChI is InChI=1S/C26H36N2O3/c1-5-17-27-26(30)24(6-2)28(19-22-13-9-20(3)10-14-22)25(29)8-7-18-31-23-15-11-21(4)12-16-23/h9-16,24H,5-8,17-19H2,1-4H3,(H,27,30). The van der Waals surface area contributed by atoms with Crippen LogP contribution in [0.4, 0.5) is 0 Å². The molecule has 5 nitrogen and oxygen atoms in total. The van der Waals surface area contributed by atoms with Crippen LogP contribution in [0.15, 0.2) is 48.5 Å². The maximum Gasteiger partial charge on any atom is 0.242 e. The lowest BCUT2D eigenvalue weighted by molar-refractivity contribution is -0.141. The van der Waals surface area contributed by atoms with E-state index in [1.165, 1.54) is 11.1 Å². The number of carbonyl (C=O) groups is 2. The minimum Gasteiger partial charge on any atom is -0.494 e. The number of nitrogens with zero attached hydrogens (tertiary/aromatic N) is 1. The summed E-state index contributed by atoms with van der Waals surface area (Å²) >= 11 is 0. The number of ether oxygens (including phenoxy) is 1. The minimum atomic E-state index is -0.474. The van der Waals surface area contributed by atoms with Crippen molar-refractivity contribution in [3.05, 3.63) is 65.2 Å². The second-order valence-corrected chi connectivity index (χ2v) is 7.99. The van der Waals surface area contributed by atoms with Gasteiger partial charge in [-0.2, -0.15) is 0 Å². The maximum absolute atomic E-state index is 13.1. The van der Waals surface area contributed by atoms with Crippen molar-refractivity contribution < 1.29 is 14.3 Å². The van der Waals surface area contributed by atoms with Crippen molar-refractivity contribution in [1.82, 2.24) is 10.2 Å². The molecule has 0 radical (unpaired) electrons. The fourth-order valence-corrected chi connectivity index (χ4v) is 3.37. The molecule has 0 fully saturated rings. The summed E-state index contributed by atoms with van der Waals surface area (Å²) in [5.74, 6) is 0.701. The van der Waals surface area contributed by atoms with Gasteiger partial charge in [-0.1, -0.05) is 61.4 Å². The largest absolute Gasteiger partial charge is 0.494 e. The highest BCUT2D eigenvalue weighted by Crippen LogP contribution is 2.16. The zero-order valence-electron chi connectivity index (χ0n) is 19.3. The molecule has 0 heterocycles. The first kappa shape index (κ1) is 24.4. The van der Waals surface area contributed by atoms with E-state index < -0.39 is 6.04 Å². The molecule has 2 aromatic carbocycles. The van der Waals surface area contributed by atoms with Gasteiger partial charge in [-0.25, -0.2) is 0 Å². The SMILES string of the molecule is CCCNC(=O)C(CC)N(Cc1ccc(C)cc1)C(=O)CCCOc1ccc(C)cc1. The Hall–Kier alpha value is -2.82. The Morgan fingerprint density at radius 1 is 0.968 bits per heavy atom. The zero-order chi connectivity index (χ0) is 22.6. The van der Waals surface area contributed by atoms with Gasteiger partial charge in [-0.15, -0.1) is 0 Å². The first-order valence-corrected chi connectivity index (χ1v) is 11.3. The van der Waals surface area contributed by atoms with E-state index in [-0.39, 0.29) is 11.8 Å². The number of amides is 2. The summed E-state index contributed by atoms with van der Waals surface area (Å²) in [4.78, 5) is 27.6. The van der Waals surface area contributed by atoms with E-state index in [1.54, 1.807) is 4.90 Å². The van der Waals surface area contributed by atoms with Gasteiger partial charge in [-0.3, -0.25) is 9.59 Å². The maximum atomic E-state index is 13.1. The van der Waals surface area contributed by atoms with E-state index in [1.807, 2.05) is 76.2 Å². The van der Waals surface area contributed by atoms with Gasteiger partial charge in [-0.05, 0) is 50.8 Å². The topological polar surface area (TPSA) is 58.6 Å². The predicted molar refractivity (Wildman–Crippen MR) is 125 cm³/mol. The molecule has 2 amide bonds. The molecule has 0 saturated heterocycles. The summed E-state index contributed by atoms with van der Waals surface area (Å²) in [6.45, 7) is 9.55. The Morgan fingerprint density at radius 3 is 2.16 bits per heavy atom. The van der Waals surface area contributed by atoms with Gasteiger partial charge in [0, 0.05) is 19.5 Å². The number of rotatable bonds is 12. The molecule has 0 bridgehead atoms. The highest BCUT2D eigenvalue weighted by atomic mass is 16.5. The van der Waals surface area contributed by atoms with E-state index in [9.17, 15) is 9.59 Å². The molecule has 0 aliphatic heterocycles. The van der Waals surface area contributed by atoms with E-state index in [0.29, 0.717) is 39.0 Å². The molecule has 1 N–H and O–H groups in total. The van der Waals surface area contributed by atoms with Crippen LogP contribution in [0.5, 0.6) is 5.75 Å². The Balaban J connectivity index is 2.02. The number of benzene rings is 2. The lowest BCUT2D eigenvalue weighted by Gasteiger charge is -2.30. The van der Waals surface area contributed by atoms with E-state index in [2.05, 4.69) is 5.32 Å². The van der Waals surface area contributed by atoms with Crippen LogP contribution < -0.4 is 10.1 Å². The van der Waals surface area contributed by atoms with Crippen molar-refractivity contribution in [3.63, 3.8) is 0 Å². The third-order valence-electron chi connectivity index (χ3n) is 5.23. The molecule has 168 valence electrons. The highest BCUT2D eigenvalue weighted by molar-refractivity contribution is 5.87. The normalized spacial score (nSPS) is 11.6. The summed E-state index contributed by atoms with van der Waals surface area (Å²) < 4.78 is 5.76. The molecule has 0 spiro atoms. The average Bonchev–Trinajstić information content (AvgIpc) is 2.77. The second-order valence-electron chi connectivity index (χ2n) is 7.99. The van der Waals surface area contributed by atoms with Crippen LogP contribution in [0, 0.1) is 13.8 Å². The third-order valence-corrected chi connectivity index (χ3v) is 5.23. The highest BCUT2D eigenvalue weighted by Gasteiger charge is 2.28. The van der Waals surface area contributed by atoms with Gasteiger partial charge in [0.05, 0.1) is 6.61 Å². The molecule has 0 aliphatic rings. The van der Waals surface area contributed by atoms with Gasteiger partial charge in [0.2, 0.25) is 11.8 Å². The summed E-state index contributed by atoms with van der Waals surface area (Å²) in [6, 6.07) is 15.5. The smallest absolute Gasteiger partial charge is 0.242 e. The molecule has 0 aliphatic carbocycles. The molecular weight excluding hydrogens is 388 g/mol. The Morgan fingerprint density at radius 2 is 1.58 bits per heavy atom. The molecule has 2 aromatic rings. The monoisotopic (exact) mass is 424 g/mol. The summed E-state index contributed by atoms with van der Waals surface area (Å²) in [6.07, 6.45) is 2.39. The van der Waals surface area contributed by atoms with Crippen LogP contribution in [-0.2, 0) is 16.1 Å². The van der Waals surface area contributed by atoms with Crippen molar-refractivity contribution in [2.45, 2.75) is 66.0 Å². The molecular formula is C26H36N2O3. The average molecular weight is 425 g/mol. The number of hydrogen-bond acceptors (Lipinski definition) is 3. The van der Waals surface area contributed by atoms with Gasteiger partial charge in [0.15, 0.2) is 0 Å². The molecule has 2 rings (SSSR count). The number of nitrogens with one attached hydrogen (secondary N) is 1. The minimum absolute atomic E-state index is 0.0217. The molecule has 31 heavy (non-hydrogen) atoms. The van der Waals surface area contributed by atoms with Crippen LogP contribution >= 0.6 is 0 Å². The van der Waals surface area contributed by atoms with Crippen molar-refractivity contribution in [3.8, 4) is 5.75 Å². The molecule has 0 aromatic heterocycles. The molecule has 0 saturated carbocycles. The van der Waals surface area contributed by atoms with E-state index >= 15 is 0 Å². The third kappa shape index (κ3) is 8.08. The van der Waals surface area contributed by atoms with Crippen LogP contribution in [0.1, 0.15) is 56.2 Å². The molecule has 1 unspecified atom stereocenters. The van der Waals surface area contributed by atoms with E-state index in [4.69, 9.17) is 4.74 Å². The first-order chi connectivity index (χ1) is 14.9. The fraction of sp³-hybridized carbons (Fsp3) is 0.462. The van der Waals surface area contributed by atoms with Crippen LogP contribution in [0.3, 0.4) is 0 Å². The lowest BCUT2D eigenvalue weighted by atomic mass is 10.1. The van der Waals surface area contributed by atoms with Gasteiger partial charge in [0.25, 0.3) is 0 Å². The first-order valence-electron chi connectivity index (χ1n) is 11.3. The Bertz CT molecular complexity index is 816. The second kappa shape index (κ2) is 12.8. The van der Waals surface area contributed by atoms with Crippen LogP contribution in [0.2, 0.25) is 0 Å². The Labute approximate surface area is 186 Å². The van der Waals surface area contributed by atoms with Gasteiger partial charge in [0.1, 0.15) is 11.8 Å². The summed E-state index contributed by atoms with van der Waals surface area (Å²) in [5.41, 5.74) is 3.38. The summed E-state index contributed by atoms with van der Waals surface area (Å²) in [7, 11) is 0. The lowest BCUT2D eigenvalue weighted by Crippen LogP contribution is -2.49. The van der Waals surface area contributed by atoms with Crippen LogP contribution in [-0.4, -0.2) is 35.9 Å². The number of hydrogen-bond donors (Lipinski definition) is 1. The van der Waals surface area contributed by atoms with Crippen molar-refractivity contribution in [1.29, 1.82) is 0 Å². The van der Waals surface area contributed by atoms with Crippen molar-refractivity contribution >= 4 is 11.8 Å².